The number of aromatic amines is 1. The maximum absolute atomic E-state index is 10.3. The van der Waals surface area contributed by atoms with Crippen LogP contribution in [0.25, 0.3) is 11.4 Å². The molecule has 0 amide bonds. The van der Waals surface area contributed by atoms with Crippen molar-refractivity contribution in [2.24, 2.45) is 5.10 Å². The second-order valence-corrected chi connectivity index (χ2v) is 6.08. The number of rotatable bonds is 6. The summed E-state index contributed by atoms with van der Waals surface area (Å²) in [5.74, 6) is 0.792. The van der Waals surface area contributed by atoms with Crippen LogP contribution in [0.5, 0.6) is 5.75 Å². The second-order valence-electron chi connectivity index (χ2n) is 5.69. The van der Waals surface area contributed by atoms with Gasteiger partial charge < -0.3 is 10.0 Å². The lowest BCUT2D eigenvalue weighted by atomic mass is 10.2. The number of anilines is 1. The van der Waals surface area contributed by atoms with Gasteiger partial charge in [-0.05, 0) is 38.2 Å². The molecule has 0 atom stereocenters. The minimum absolute atomic E-state index is 0.175. The molecule has 2 aromatic carbocycles. The highest BCUT2D eigenvalue weighted by molar-refractivity contribution is 7.71. The fraction of sp³-hybridized carbons (Fsp3) is 0.211. The molecule has 1 aromatic heterocycles. The Morgan fingerprint density at radius 1 is 1.19 bits per heavy atom. The van der Waals surface area contributed by atoms with Crippen molar-refractivity contribution in [2.75, 3.05) is 18.0 Å². The zero-order chi connectivity index (χ0) is 18.5. The molecule has 0 aliphatic rings. The van der Waals surface area contributed by atoms with Gasteiger partial charge in [0.2, 0.25) is 4.77 Å². The molecule has 3 rings (SSSR count). The van der Waals surface area contributed by atoms with Crippen LogP contribution in [0, 0.1) is 4.77 Å². The number of hydrogen-bond acceptors (Lipinski definition) is 5. The number of H-pyrrole nitrogens is 1. The zero-order valence-electron chi connectivity index (χ0n) is 14.8. The molecule has 0 fully saturated rings. The Morgan fingerprint density at radius 3 is 2.58 bits per heavy atom. The van der Waals surface area contributed by atoms with E-state index >= 15 is 0 Å². The van der Waals surface area contributed by atoms with Gasteiger partial charge in [-0.15, -0.1) is 0 Å². The van der Waals surface area contributed by atoms with E-state index in [9.17, 15) is 5.11 Å². The van der Waals surface area contributed by atoms with E-state index in [1.165, 1.54) is 0 Å². The molecule has 0 saturated carbocycles. The van der Waals surface area contributed by atoms with Gasteiger partial charge >= 0.3 is 0 Å². The highest BCUT2D eigenvalue weighted by atomic mass is 32.1. The summed E-state index contributed by atoms with van der Waals surface area (Å²) in [4.78, 5) is 2.17. The van der Waals surface area contributed by atoms with Crippen LogP contribution in [0.3, 0.4) is 0 Å². The van der Waals surface area contributed by atoms with E-state index < -0.39 is 0 Å². The average Bonchev–Trinajstić information content (AvgIpc) is 3.03. The Morgan fingerprint density at radius 2 is 1.92 bits per heavy atom. The molecule has 0 unspecified atom stereocenters. The highest BCUT2D eigenvalue weighted by Crippen LogP contribution is 2.24. The third-order valence-electron chi connectivity index (χ3n) is 4.14. The molecule has 0 bridgehead atoms. The number of aromatic nitrogens is 3. The summed E-state index contributed by atoms with van der Waals surface area (Å²) in [6.45, 7) is 5.94. The minimum Gasteiger partial charge on any atom is -0.507 e. The molecular formula is C19H21N5OS. The first-order valence-electron chi connectivity index (χ1n) is 8.49. The maximum atomic E-state index is 10.3. The first-order valence-corrected chi connectivity index (χ1v) is 8.90. The van der Waals surface area contributed by atoms with Crippen LogP contribution in [0.1, 0.15) is 19.4 Å². The lowest BCUT2D eigenvalue weighted by molar-refractivity contribution is 0.474. The predicted molar refractivity (Wildman–Crippen MR) is 108 cm³/mol. The van der Waals surface area contributed by atoms with Crippen molar-refractivity contribution in [3.63, 3.8) is 0 Å². The van der Waals surface area contributed by atoms with Gasteiger partial charge in [-0.3, -0.25) is 0 Å². The fourth-order valence-corrected chi connectivity index (χ4v) is 2.90. The van der Waals surface area contributed by atoms with Crippen LogP contribution in [0.2, 0.25) is 0 Å². The molecule has 134 valence electrons. The van der Waals surface area contributed by atoms with E-state index in [0.717, 1.165) is 24.3 Å². The zero-order valence-corrected chi connectivity index (χ0v) is 15.6. The van der Waals surface area contributed by atoms with Gasteiger partial charge in [0.1, 0.15) is 5.75 Å². The number of phenolic OH excluding ortho intramolecular Hbond substituents is 1. The molecule has 0 radical (unpaired) electrons. The Labute approximate surface area is 157 Å². The monoisotopic (exact) mass is 367 g/mol. The summed E-state index contributed by atoms with van der Waals surface area (Å²) >= 11 is 5.27. The molecule has 26 heavy (non-hydrogen) atoms. The molecule has 3 aromatic rings. The van der Waals surface area contributed by atoms with E-state index in [1.807, 2.05) is 42.5 Å². The lowest BCUT2D eigenvalue weighted by Crippen LogP contribution is -2.21. The average molecular weight is 367 g/mol. The smallest absolute Gasteiger partial charge is 0.216 e. The minimum atomic E-state index is 0.175. The Kier molecular flexibility index (Phi) is 5.48. The second kappa shape index (κ2) is 7.97. The first kappa shape index (κ1) is 17.9. The number of nitrogens with zero attached hydrogens (tertiary/aromatic N) is 4. The van der Waals surface area contributed by atoms with Gasteiger partial charge in [-0.1, -0.05) is 30.3 Å². The quantitative estimate of drug-likeness (QED) is 0.509. The standard InChI is InChI=1S/C19H21N5OS/c1-3-23(4-2)16-11-10-15(17(25)12-16)13-20-24-18(21-22-19(24)26)14-8-6-5-7-9-14/h5-13,25H,3-4H2,1-2H3,(H,22,26)/b20-13-. The van der Waals surface area contributed by atoms with Crippen LogP contribution in [-0.4, -0.2) is 39.3 Å². The first-order chi connectivity index (χ1) is 12.6. The van der Waals surface area contributed by atoms with Crippen molar-refractivity contribution in [3.05, 3.63) is 58.9 Å². The molecular weight excluding hydrogens is 346 g/mol. The number of benzene rings is 2. The largest absolute Gasteiger partial charge is 0.507 e. The van der Waals surface area contributed by atoms with Crippen molar-refractivity contribution in [1.82, 2.24) is 14.9 Å². The van der Waals surface area contributed by atoms with Crippen LogP contribution >= 0.6 is 12.2 Å². The normalized spacial score (nSPS) is 11.2. The third kappa shape index (κ3) is 3.67. The summed E-state index contributed by atoms with van der Waals surface area (Å²) < 4.78 is 1.93. The van der Waals surface area contributed by atoms with Crippen molar-refractivity contribution < 1.29 is 5.11 Å². The molecule has 6 nitrogen and oxygen atoms in total. The lowest BCUT2D eigenvalue weighted by Gasteiger charge is -2.21. The summed E-state index contributed by atoms with van der Waals surface area (Å²) in [7, 11) is 0. The van der Waals surface area contributed by atoms with Crippen LogP contribution in [-0.2, 0) is 0 Å². The third-order valence-corrected chi connectivity index (χ3v) is 4.40. The van der Waals surface area contributed by atoms with Gasteiger partial charge in [0.15, 0.2) is 5.82 Å². The van der Waals surface area contributed by atoms with E-state index in [4.69, 9.17) is 12.2 Å². The Balaban J connectivity index is 1.92. The van der Waals surface area contributed by atoms with Crippen molar-refractivity contribution >= 4 is 24.1 Å². The van der Waals surface area contributed by atoms with Gasteiger partial charge in [-0.2, -0.15) is 14.9 Å². The van der Waals surface area contributed by atoms with Gasteiger partial charge in [-0.25, -0.2) is 5.10 Å². The highest BCUT2D eigenvalue weighted by Gasteiger charge is 2.09. The molecule has 7 heteroatoms. The van der Waals surface area contributed by atoms with Crippen molar-refractivity contribution in [3.8, 4) is 17.1 Å². The van der Waals surface area contributed by atoms with Crippen LogP contribution < -0.4 is 4.90 Å². The van der Waals surface area contributed by atoms with Crippen LogP contribution in [0.4, 0.5) is 5.69 Å². The maximum Gasteiger partial charge on any atom is 0.216 e. The number of nitrogens with one attached hydrogen (secondary N) is 1. The number of aromatic hydroxyl groups is 1. The van der Waals surface area contributed by atoms with Gasteiger partial charge in [0, 0.05) is 36.0 Å². The SMILES string of the molecule is CCN(CC)c1ccc(/C=N\n2c(-c3ccccc3)n[nH]c2=S)c(O)c1. The van der Waals surface area contributed by atoms with E-state index in [1.54, 1.807) is 17.0 Å². The predicted octanol–water partition coefficient (Wildman–Crippen LogP) is 4.04. The molecule has 0 aliphatic carbocycles. The molecule has 1 heterocycles. The van der Waals surface area contributed by atoms with Crippen molar-refractivity contribution in [1.29, 1.82) is 0 Å². The van der Waals surface area contributed by atoms with Gasteiger partial charge in [0.05, 0.1) is 6.21 Å². The Bertz CT molecular complexity index is 958. The molecule has 0 aliphatic heterocycles. The Hall–Kier alpha value is -2.93. The molecule has 2 N–H and O–H groups in total. The topological polar surface area (TPSA) is 69.4 Å². The van der Waals surface area contributed by atoms with E-state index in [-0.39, 0.29) is 5.75 Å². The fourth-order valence-electron chi connectivity index (χ4n) is 2.72. The van der Waals surface area contributed by atoms with Crippen molar-refractivity contribution in [2.45, 2.75) is 13.8 Å². The molecule has 0 spiro atoms. The molecule has 0 saturated heterocycles. The summed E-state index contributed by atoms with van der Waals surface area (Å²) in [6, 6.07) is 15.2. The number of phenols is 1. The van der Waals surface area contributed by atoms with Gasteiger partial charge in [0.25, 0.3) is 0 Å². The van der Waals surface area contributed by atoms with E-state index in [0.29, 0.717) is 16.2 Å². The summed E-state index contributed by atoms with van der Waals surface area (Å²) in [6.07, 6.45) is 1.58. The van der Waals surface area contributed by atoms with E-state index in [2.05, 4.69) is 34.0 Å². The summed E-state index contributed by atoms with van der Waals surface area (Å²) in [5.41, 5.74) is 2.50. The number of hydrogen-bond donors (Lipinski definition) is 2. The van der Waals surface area contributed by atoms with Crippen LogP contribution in [0.15, 0.2) is 53.6 Å². The summed E-state index contributed by atoms with van der Waals surface area (Å²) in [5, 5.41) is 21.7.